The molecule has 0 saturated carbocycles. The summed E-state index contributed by atoms with van der Waals surface area (Å²) < 4.78 is 21.1. The van der Waals surface area contributed by atoms with Gasteiger partial charge in [0.05, 0.1) is 13.4 Å². The van der Waals surface area contributed by atoms with Crippen LogP contribution in [0.1, 0.15) is 61.5 Å². The lowest BCUT2D eigenvalue weighted by atomic mass is 10.0. The number of rotatable bonds is 9. The minimum atomic E-state index is -1.28. The summed E-state index contributed by atoms with van der Waals surface area (Å²) in [5, 5.41) is 0. The summed E-state index contributed by atoms with van der Waals surface area (Å²) in [5.41, 5.74) is 0.772. The van der Waals surface area contributed by atoms with Gasteiger partial charge in [-0.25, -0.2) is 0 Å². The van der Waals surface area contributed by atoms with Crippen molar-refractivity contribution in [2.45, 2.75) is 58.7 Å². The minimum absolute atomic E-state index is 0.433. The Labute approximate surface area is 98.0 Å². The van der Waals surface area contributed by atoms with Crippen molar-refractivity contribution in [2.24, 2.45) is 0 Å². The molecule has 1 heteroatoms. The first kappa shape index (κ1) is 10.8. The Bertz CT molecular complexity index is 245. The fourth-order valence-corrected chi connectivity index (χ4v) is 1.34. The normalized spacial score (nSPS) is 15.3. The molecule has 0 rings (SSSR count). The van der Waals surface area contributed by atoms with Gasteiger partial charge in [-0.3, -0.25) is 0 Å². The summed E-state index contributed by atoms with van der Waals surface area (Å²) in [7, 11) is 1.58. The molecule has 0 aromatic carbocycles. The highest BCUT2D eigenvalue weighted by Crippen LogP contribution is 2.15. The van der Waals surface area contributed by atoms with Gasteiger partial charge in [0, 0.05) is 2.74 Å². The highest BCUT2D eigenvalue weighted by molar-refractivity contribution is 5.00. The van der Waals surface area contributed by atoms with Gasteiger partial charge < -0.3 is 4.74 Å². The van der Waals surface area contributed by atoms with Crippen molar-refractivity contribution in [1.82, 2.24) is 0 Å². The van der Waals surface area contributed by atoms with Gasteiger partial charge in [0.25, 0.3) is 0 Å². The van der Waals surface area contributed by atoms with Crippen molar-refractivity contribution in [3.63, 3.8) is 0 Å². The minimum Gasteiger partial charge on any atom is -0.504 e. The topological polar surface area (TPSA) is 9.23 Å². The van der Waals surface area contributed by atoms with Crippen molar-refractivity contribution in [3.8, 4) is 0 Å². The Morgan fingerprint density at radius 2 is 2.07 bits per heavy atom. The molecule has 0 heterocycles. The van der Waals surface area contributed by atoms with Crippen LogP contribution in [0.5, 0.6) is 0 Å². The molecular formula is C14H26O. The first-order valence-corrected chi connectivity index (χ1v) is 5.95. The third-order valence-electron chi connectivity index (χ3n) is 2.16. The number of methoxy groups -OCH3 is 1. The van der Waals surface area contributed by atoms with Crippen molar-refractivity contribution in [2.75, 3.05) is 7.11 Å². The molecule has 0 aromatic heterocycles. The largest absolute Gasteiger partial charge is 0.504 e. The van der Waals surface area contributed by atoms with Gasteiger partial charge in [-0.15, -0.1) is 0 Å². The molecule has 0 radical (unpaired) electrons. The summed E-state index contributed by atoms with van der Waals surface area (Å²) in [5.74, 6) is 0. The maximum atomic E-state index is 8.07. The van der Waals surface area contributed by atoms with E-state index in [1.165, 1.54) is 0 Å². The number of hydrogen-bond donors (Lipinski definition) is 0. The smallest absolute Gasteiger partial charge is 0.0816 e. The first-order valence-electron chi connectivity index (χ1n) is 6.95. The van der Waals surface area contributed by atoms with E-state index in [9.17, 15) is 0 Å². The van der Waals surface area contributed by atoms with Crippen LogP contribution < -0.4 is 0 Å². The maximum Gasteiger partial charge on any atom is 0.0816 e. The highest BCUT2D eigenvalue weighted by Gasteiger charge is 1.97. The van der Waals surface area contributed by atoms with Crippen molar-refractivity contribution in [1.29, 1.82) is 0 Å². The van der Waals surface area contributed by atoms with Crippen LogP contribution in [-0.2, 0) is 4.74 Å². The second kappa shape index (κ2) is 11.4. The van der Waals surface area contributed by atoms with E-state index in [-0.39, 0.29) is 0 Å². The molecule has 0 bridgehead atoms. The van der Waals surface area contributed by atoms with Crippen molar-refractivity contribution < 1.29 is 7.48 Å². The first-order chi connectivity index (χ1) is 8.08. The summed E-state index contributed by atoms with van der Waals surface area (Å²) in [6.07, 6.45) is 9.72. The fraction of sp³-hybridized carbons (Fsp3) is 0.714. The van der Waals surface area contributed by atoms with E-state index in [0.717, 1.165) is 37.7 Å². The molecule has 0 spiro atoms. The molecule has 0 fully saturated rings. The van der Waals surface area contributed by atoms with Crippen LogP contribution in [0.25, 0.3) is 0 Å². The van der Waals surface area contributed by atoms with E-state index in [2.05, 4.69) is 13.8 Å². The number of hydrogen-bond acceptors (Lipinski definition) is 1. The lowest BCUT2D eigenvalue weighted by Crippen LogP contribution is -1.86. The van der Waals surface area contributed by atoms with Gasteiger partial charge in [0.1, 0.15) is 0 Å². The van der Waals surface area contributed by atoms with Crippen LogP contribution >= 0.6 is 0 Å². The third kappa shape index (κ3) is 9.58. The zero-order chi connectivity index (χ0) is 13.1. The van der Waals surface area contributed by atoms with E-state index in [1.54, 1.807) is 13.4 Å². The van der Waals surface area contributed by atoms with Gasteiger partial charge in [0.2, 0.25) is 0 Å². The van der Waals surface area contributed by atoms with Crippen LogP contribution in [0.2, 0.25) is 0 Å². The molecule has 0 amide bonds. The van der Waals surface area contributed by atoms with Crippen LogP contribution in [-0.4, -0.2) is 7.11 Å². The Hall–Kier alpha value is -0.720. The molecule has 15 heavy (non-hydrogen) atoms. The number of allylic oxidation sites excluding steroid dienone is 3. The molecule has 0 aliphatic heterocycles. The molecule has 0 aliphatic rings. The molecule has 1 nitrogen and oxygen atoms in total. The van der Waals surface area contributed by atoms with Gasteiger partial charge in [-0.1, -0.05) is 38.8 Å². The second-order valence-electron chi connectivity index (χ2n) is 3.60. The van der Waals surface area contributed by atoms with Crippen LogP contribution in [0.15, 0.2) is 24.0 Å². The number of unbranched alkanes of at least 4 members (excludes halogenated alkanes) is 2. The maximum absolute atomic E-state index is 8.07. The zero-order valence-corrected chi connectivity index (χ0v) is 10.4. The summed E-state index contributed by atoms with van der Waals surface area (Å²) in [6, 6.07) is 0. The number of ether oxygens (including phenoxy) is 1. The lowest BCUT2D eigenvalue weighted by molar-refractivity contribution is 0.330. The fourth-order valence-electron chi connectivity index (χ4n) is 1.34. The van der Waals surface area contributed by atoms with Gasteiger partial charge in [0.15, 0.2) is 0 Å². The average Bonchev–Trinajstić information content (AvgIpc) is 2.28. The van der Waals surface area contributed by atoms with E-state index in [4.69, 9.17) is 7.48 Å². The predicted octanol–water partition coefficient (Wildman–Crippen LogP) is 4.84. The SMILES string of the molecule is [2H]C([2H])(C/C=C/CC)/C(=C\OC)CCCCC. The second-order valence-corrected chi connectivity index (χ2v) is 3.60. The molecular weight excluding hydrogens is 184 g/mol. The lowest BCUT2D eigenvalue weighted by Gasteiger charge is -2.05. The highest BCUT2D eigenvalue weighted by atomic mass is 16.5. The Kier molecular flexibility index (Phi) is 8.17. The summed E-state index contributed by atoms with van der Waals surface area (Å²) in [6.45, 7) is 4.21. The molecule has 0 saturated heterocycles. The van der Waals surface area contributed by atoms with Gasteiger partial charge in [-0.05, 0) is 37.6 Å². The summed E-state index contributed by atoms with van der Waals surface area (Å²) >= 11 is 0. The van der Waals surface area contributed by atoms with E-state index < -0.39 is 6.37 Å². The van der Waals surface area contributed by atoms with Gasteiger partial charge >= 0.3 is 0 Å². The quantitative estimate of drug-likeness (QED) is 0.302. The predicted molar refractivity (Wildman–Crippen MR) is 67.9 cm³/mol. The average molecular weight is 212 g/mol. The molecule has 0 unspecified atom stereocenters. The Morgan fingerprint density at radius 1 is 1.27 bits per heavy atom. The molecule has 0 atom stereocenters. The Morgan fingerprint density at radius 3 is 2.67 bits per heavy atom. The van der Waals surface area contributed by atoms with E-state index in [1.807, 2.05) is 12.2 Å². The molecule has 88 valence electrons. The third-order valence-corrected chi connectivity index (χ3v) is 2.16. The van der Waals surface area contributed by atoms with Crippen LogP contribution in [0.3, 0.4) is 0 Å². The standard InChI is InChI=1S/C14H26O/c1-4-6-8-10-12-14(13-15-3)11-9-7-5-2/h6,8,13H,4-5,7,9-12H2,1-3H3/b8-6+,14-13-/i12D2. The van der Waals surface area contributed by atoms with Crippen molar-refractivity contribution >= 4 is 0 Å². The van der Waals surface area contributed by atoms with E-state index >= 15 is 0 Å². The van der Waals surface area contributed by atoms with Gasteiger partial charge in [-0.2, -0.15) is 0 Å². The van der Waals surface area contributed by atoms with E-state index in [0.29, 0.717) is 6.42 Å². The molecule has 0 N–H and O–H groups in total. The van der Waals surface area contributed by atoms with Crippen LogP contribution in [0, 0.1) is 0 Å². The monoisotopic (exact) mass is 212 g/mol. The molecule has 0 aromatic rings. The van der Waals surface area contributed by atoms with Crippen LogP contribution in [0.4, 0.5) is 0 Å². The van der Waals surface area contributed by atoms with Crippen molar-refractivity contribution in [3.05, 3.63) is 24.0 Å². The molecule has 0 aliphatic carbocycles. The summed E-state index contributed by atoms with van der Waals surface area (Å²) in [4.78, 5) is 0. The zero-order valence-electron chi connectivity index (χ0n) is 12.4. The Balaban J connectivity index is 4.44.